The zero-order valence-corrected chi connectivity index (χ0v) is 12.7. The molecule has 0 fully saturated rings. The van der Waals surface area contributed by atoms with Crippen LogP contribution in [0.3, 0.4) is 0 Å². The average molecular weight is 317 g/mol. The highest BCUT2D eigenvalue weighted by molar-refractivity contribution is 7.98. The summed E-state index contributed by atoms with van der Waals surface area (Å²) in [6.07, 6.45) is 3.49. The zero-order chi connectivity index (χ0) is 14.7. The van der Waals surface area contributed by atoms with E-state index in [4.69, 9.17) is 0 Å². The molecule has 2 aromatic heterocycles. The lowest BCUT2D eigenvalue weighted by atomic mass is 10.3. The van der Waals surface area contributed by atoms with Gasteiger partial charge < -0.3 is 0 Å². The van der Waals surface area contributed by atoms with Crippen LogP contribution in [0.4, 0.5) is 5.13 Å². The van der Waals surface area contributed by atoms with Crippen molar-refractivity contribution in [3.05, 3.63) is 47.7 Å². The molecule has 0 radical (unpaired) electrons. The van der Waals surface area contributed by atoms with Crippen LogP contribution in [-0.2, 0) is 0 Å². The number of thioether (sulfide) groups is 1. The molecule has 0 aliphatic carbocycles. The van der Waals surface area contributed by atoms with Gasteiger partial charge in [-0.05, 0) is 18.4 Å². The molecule has 0 spiro atoms. The number of nitrogens with zero attached hydrogens (tertiary/aromatic N) is 4. The van der Waals surface area contributed by atoms with Crippen LogP contribution in [0.15, 0.2) is 47.2 Å². The Balaban J connectivity index is 1.99. The summed E-state index contributed by atoms with van der Waals surface area (Å²) in [7, 11) is 0. The Kier molecular flexibility index (Phi) is 3.98. The number of hydrogen-bond acceptors (Lipinski definition) is 6. The second-order valence-electron chi connectivity index (χ2n) is 4.00. The monoisotopic (exact) mass is 317 g/mol. The maximum Gasteiger partial charge on any atom is 0.276 e. The van der Waals surface area contributed by atoms with Crippen LogP contribution in [0.25, 0.3) is 5.69 Å². The molecule has 0 unspecified atom stereocenters. The van der Waals surface area contributed by atoms with Crippen LogP contribution in [0.1, 0.15) is 10.5 Å². The van der Waals surface area contributed by atoms with Gasteiger partial charge in [-0.3, -0.25) is 14.7 Å². The van der Waals surface area contributed by atoms with Crippen LogP contribution in [-0.4, -0.2) is 31.9 Å². The van der Waals surface area contributed by atoms with Gasteiger partial charge in [0.15, 0.2) is 5.16 Å². The third kappa shape index (κ3) is 2.81. The number of anilines is 1. The molecule has 0 aliphatic heterocycles. The Bertz CT molecular complexity index is 739. The third-order valence-electron chi connectivity index (χ3n) is 2.74. The Morgan fingerprint density at radius 2 is 2.14 bits per heavy atom. The first-order chi connectivity index (χ1) is 10.3. The summed E-state index contributed by atoms with van der Waals surface area (Å²) >= 11 is 2.75. The number of para-hydroxylation sites is 1. The lowest BCUT2D eigenvalue weighted by Gasteiger charge is -2.10. The number of aromatic nitrogens is 4. The molecule has 3 aromatic rings. The molecule has 1 aromatic carbocycles. The van der Waals surface area contributed by atoms with E-state index >= 15 is 0 Å². The van der Waals surface area contributed by atoms with Crippen LogP contribution >= 0.6 is 23.1 Å². The zero-order valence-electron chi connectivity index (χ0n) is 11.1. The number of hydrogen-bond donors (Lipinski definition) is 1. The van der Waals surface area contributed by atoms with Crippen molar-refractivity contribution in [3.8, 4) is 5.69 Å². The van der Waals surface area contributed by atoms with Crippen molar-refractivity contribution in [1.29, 1.82) is 0 Å². The van der Waals surface area contributed by atoms with Crippen LogP contribution in [0.2, 0.25) is 0 Å². The Morgan fingerprint density at radius 3 is 2.81 bits per heavy atom. The largest absolute Gasteiger partial charge is 0.295 e. The summed E-state index contributed by atoms with van der Waals surface area (Å²) in [5.74, 6) is -0.261. The number of carbonyl (C=O) groups excluding carboxylic acids is 1. The van der Waals surface area contributed by atoms with E-state index in [2.05, 4.69) is 20.5 Å². The highest BCUT2D eigenvalue weighted by Crippen LogP contribution is 2.22. The van der Waals surface area contributed by atoms with Crippen molar-refractivity contribution in [2.24, 2.45) is 0 Å². The van der Waals surface area contributed by atoms with Gasteiger partial charge in [-0.15, -0.1) is 10.2 Å². The second-order valence-corrected chi connectivity index (χ2v) is 5.61. The maximum atomic E-state index is 12.4. The normalized spacial score (nSPS) is 10.5. The molecule has 6 nitrogen and oxygen atoms in total. The third-order valence-corrected chi connectivity index (χ3v) is 4.00. The van der Waals surface area contributed by atoms with E-state index in [1.807, 2.05) is 41.2 Å². The van der Waals surface area contributed by atoms with Crippen molar-refractivity contribution >= 4 is 34.1 Å². The number of carbonyl (C=O) groups is 1. The smallest absolute Gasteiger partial charge is 0.276 e. The number of benzene rings is 1. The summed E-state index contributed by atoms with van der Waals surface area (Å²) in [6, 6.07) is 9.64. The van der Waals surface area contributed by atoms with E-state index in [-0.39, 0.29) is 5.91 Å². The fourth-order valence-electron chi connectivity index (χ4n) is 1.85. The lowest BCUT2D eigenvalue weighted by molar-refractivity contribution is 0.102. The fraction of sp³-hybridized carbons (Fsp3) is 0.0769. The minimum Gasteiger partial charge on any atom is -0.295 e. The Hall–Kier alpha value is -2.19. The molecule has 0 atom stereocenters. The summed E-state index contributed by atoms with van der Waals surface area (Å²) in [5.41, 5.74) is 2.92. The number of imidazole rings is 1. The summed E-state index contributed by atoms with van der Waals surface area (Å²) < 4.78 is 1.82. The van der Waals surface area contributed by atoms with E-state index in [1.165, 1.54) is 23.1 Å². The molecule has 2 heterocycles. The van der Waals surface area contributed by atoms with Crippen LogP contribution in [0.5, 0.6) is 0 Å². The van der Waals surface area contributed by atoms with Gasteiger partial charge in [0.1, 0.15) is 11.2 Å². The quantitative estimate of drug-likeness (QED) is 0.749. The average Bonchev–Trinajstić information content (AvgIpc) is 3.16. The van der Waals surface area contributed by atoms with Crippen molar-refractivity contribution in [1.82, 2.24) is 19.7 Å². The Labute approximate surface area is 129 Å². The molecule has 106 valence electrons. The molecule has 0 bridgehead atoms. The van der Waals surface area contributed by atoms with Crippen molar-refractivity contribution in [3.63, 3.8) is 0 Å². The maximum absolute atomic E-state index is 12.4. The highest BCUT2D eigenvalue weighted by atomic mass is 32.2. The van der Waals surface area contributed by atoms with E-state index in [0.29, 0.717) is 10.8 Å². The minimum absolute atomic E-state index is 0.261. The van der Waals surface area contributed by atoms with E-state index in [1.54, 1.807) is 11.7 Å². The molecular weight excluding hydrogens is 306 g/mol. The van der Waals surface area contributed by atoms with Gasteiger partial charge in [-0.2, -0.15) is 0 Å². The summed E-state index contributed by atoms with van der Waals surface area (Å²) in [4.78, 5) is 16.7. The predicted octanol–water partition coefficient (Wildman–Crippen LogP) is 2.70. The number of nitrogens with one attached hydrogen (secondary N) is 1. The first-order valence-corrected chi connectivity index (χ1v) is 8.14. The number of amides is 1. The van der Waals surface area contributed by atoms with Crippen LogP contribution < -0.4 is 5.32 Å². The second kappa shape index (κ2) is 6.06. The van der Waals surface area contributed by atoms with E-state index < -0.39 is 0 Å². The molecule has 3 rings (SSSR count). The van der Waals surface area contributed by atoms with Gasteiger partial charge >= 0.3 is 0 Å². The number of rotatable bonds is 4. The molecule has 0 aliphatic rings. The molecule has 1 N–H and O–H groups in total. The molecule has 0 saturated heterocycles. The summed E-state index contributed by atoms with van der Waals surface area (Å²) in [5, 5.41) is 11.5. The topological polar surface area (TPSA) is 72.7 Å². The van der Waals surface area contributed by atoms with Gasteiger partial charge in [0.25, 0.3) is 5.91 Å². The van der Waals surface area contributed by atoms with Gasteiger partial charge in [-0.1, -0.05) is 41.3 Å². The van der Waals surface area contributed by atoms with Gasteiger partial charge in [0.05, 0.1) is 6.20 Å². The van der Waals surface area contributed by atoms with Crippen molar-refractivity contribution in [2.75, 3.05) is 11.6 Å². The highest BCUT2D eigenvalue weighted by Gasteiger charge is 2.18. The molecule has 8 heteroatoms. The molecule has 0 saturated carbocycles. The minimum atomic E-state index is -0.261. The van der Waals surface area contributed by atoms with Gasteiger partial charge in [0, 0.05) is 5.69 Å². The van der Waals surface area contributed by atoms with E-state index in [0.717, 1.165) is 10.8 Å². The molecule has 21 heavy (non-hydrogen) atoms. The fourth-order valence-corrected chi connectivity index (χ4v) is 2.84. The first kappa shape index (κ1) is 13.8. The summed E-state index contributed by atoms with van der Waals surface area (Å²) in [6.45, 7) is 0. The Morgan fingerprint density at radius 1 is 1.33 bits per heavy atom. The lowest BCUT2D eigenvalue weighted by Crippen LogP contribution is -2.16. The van der Waals surface area contributed by atoms with Gasteiger partial charge in [0.2, 0.25) is 5.13 Å². The molecular formula is C13H11N5OS2. The van der Waals surface area contributed by atoms with Crippen molar-refractivity contribution < 1.29 is 4.79 Å². The molecule has 1 amide bonds. The SMILES string of the molecule is CSc1ncc(C(=O)Nc2nncs2)n1-c1ccccc1. The first-order valence-electron chi connectivity index (χ1n) is 6.04. The van der Waals surface area contributed by atoms with E-state index in [9.17, 15) is 4.79 Å². The standard InChI is InChI=1S/C13H11N5OS2/c1-20-13-14-7-10(11(19)16-12-17-15-8-21-12)18(13)9-5-3-2-4-6-9/h2-8H,1H3,(H,16,17,19). The van der Waals surface area contributed by atoms with Crippen LogP contribution in [0, 0.1) is 0 Å². The van der Waals surface area contributed by atoms with Crippen molar-refractivity contribution in [2.45, 2.75) is 5.16 Å². The predicted molar refractivity (Wildman–Crippen MR) is 83.2 cm³/mol. The van der Waals surface area contributed by atoms with Gasteiger partial charge in [-0.25, -0.2) is 4.98 Å².